The van der Waals surface area contributed by atoms with Crippen LogP contribution in [0.5, 0.6) is 0 Å². The molecule has 4 rings (SSSR count). The summed E-state index contributed by atoms with van der Waals surface area (Å²) in [6.07, 6.45) is 0.331. The van der Waals surface area contributed by atoms with Gasteiger partial charge in [-0.15, -0.1) is 11.8 Å². The molecule has 3 aromatic rings. The molecule has 29 heavy (non-hydrogen) atoms. The Bertz CT molecular complexity index is 1020. The van der Waals surface area contributed by atoms with E-state index in [2.05, 4.69) is 5.32 Å². The Hall–Kier alpha value is -3.05. The van der Waals surface area contributed by atoms with Gasteiger partial charge in [-0.2, -0.15) is 0 Å². The number of carbonyl (C=O) groups is 2. The van der Waals surface area contributed by atoms with Crippen molar-refractivity contribution in [3.8, 4) is 0 Å². The first kappa shape index (κ1) is 19.3. The van der Waals surface area contributed by atoms with E-state index in [0.717, 1.165) is 28.1 Å². The zero-order chi connectivity index (χ0) is 20.2. The Balaban J connectivity index is 1.52. The van der Waals surface area contributed by atoms with Crippen molar-refractivity contribution in [1.29, 1.82) is 0 Å². The van der Waals surface area contributed by atoms with E-state index in [0.29, 0.717) is 12.2 Å². The summed E-state index contributed by atoms with van der Waals surface area (Å²) in [5.74, 6) is 0.490. The van der Waals surface area contributed by atoms with Crippen LogP contribution in [-0.4, -0.2) is 17.6 Å². The molecule has 0 aromatic heterocycles. The summed E-state index contributed by atoms with van der Waals surface area (Å²) in [6.45, 7) is 2.03. The van der Waals surface area contributed by atoms with E-state index in [1.165, 1.54) is 0 Å². The van der Waals surface area contributed by atoms with Crippen LogP contribution in [0.3, 0.4) is 0 Å². The lowest BCUT2D eigenvalue weighted by molar-refractivity contribution is -0.116. The molecule has 1 heterocycles. The molecular formula is C24H22N2O2S. The number of amides is 2. The molecule has 1 unspecified atom stereocenters. The fraction of sp³-hybridized carbons (Fsp3) is 0.167. The number of thioether (sulfide) groups is 1. The minimum absolute atomic E-state index is 0.0566. The minimum Gasteiger partial charge on any atom is -0.326 e. The topological polar surface area (TPSA) is 49.4 Å². The van der Waals surface area contributed by atoms with Gasteiger partial charge in [-0.25, -0.2) is 0 Å². The van der Waals surface area contributed by atoms with Crippen LogP contribution in [0.25, 0.3) is 0 Å². The number of anilines is 2. The maximum absolute atomic E-state index is 12.5. The summed E-state index contributed by atoms with van der Waals surface area (Å²) in [5, 5.41) is 2.88. The molecule has 1 aliphatic rings. The van der Waals surface area contributed by atoms with Crippen LogP contribution in [0.2, 0.25) is 0 Å². The molecule has 1 N–H and O–H groups in total. The molecular weight excluding hydrogens is 380 g/mol. The van der Waals surface area contributed by atoms with Gasteiger partial charge in [-0.1, -0.05) is 60.2 Å². The number of hydrogen-bond acceptors (Lipinski definition) is 3. The largest absolute Gasteiger partial charge is 0.326 e. The van der Waals surface area contributed by atoms with Crippen molar-refractivity contribution < 1.29 is 9.59 Å². The highest BCUT2D eigenvalue weighted by atomic mass is 32.2. The molecule has 1 fully saturated rings. The second-order valence-electron chi connectivity index (χ2n) is 7.10. The molecule has 5 heteroatoms. The van der Waals surface area contributed by atoms with Crippen molar-refractivity contribution in [2.24, 2.45) is 0 Å². The Morgan fingerprint density at radius 2 is 1.79 bits per heavy atom. The van der Waals surface area contributed by atoms with Crippen molar-refractivity contribution in [2.75, 3.05) is 16.0 Å². The van der Waals surface area contributed by atoms with Crippen LogP contribution in [0, 0.1) is 6.92 Å². The van der Waals surface area contributed by atoms with Crippen molar-refractivity contribution in [2.45, 2.75) is 18.7 Å². The zero-order valence-electron chi connectivity index (χ0n) is 16.2. The Kier molecular flexibility index (Phi) is 5.67. The van der Waals surface area contributed by atoms with Gasteiger partial charge in [-0.3, -0.25) is 14.5 Å². The lowest BCUT2D eigenvalue weighted by Gasteiger charge is -2.25. The van der Waals surface area contributed by atoms with Crippen molar-refractivity contribution in [3.05, 3.63) is 95.6 Å². The summed E-state index contributed by atoms with van der Waals surface area (Å²) < 4.78 is 0. The first-order valence-corrected chi connectivity index (χ1v) is 10.6. The average molecular weight is 403 g/mol. The van der Waals surface area contributed by atoms with Crippen LogP contribution >= 0.6 is 11.8 Å². The number of aryl methyl sites for hydroxylation is 1. The number of nitrogens with zero attached hydrogens (tertiary/aromatic N) is 1. The van der Waals surface area contributed by atoms with Gasteiger partial charge in [0.2, 0.25) is 11.8 Å². The molecule has 4 nitrogen and oxygen atoms in total. The summed E-state index contributed by atoms with van der Waals surface area (Å²) >= 11 is 1.60. The molecule has 0 saturated carbocycles. The predicted octanol–water partition coefficient (Wildman–Crippen LogP) is 4.95. The number of rotatable bonds is 5. The Morgan fingerprint density at radius 1 is 1.03 bits per heavy atom. The SMILES string of the molecule is Cc1ccc(N2C(=O)CSC2c2cccc(NC(=O)Cc3ccccc3)c2)cc1. The summed E-state index contributed by atoms with van der Waals surface area (Å²) in [4.78, 5) is 26.8. The predicted molar refractivity (Wildman–Crippen MR) is 119 cm³/mol. The number of benzene rings is 3. The van der Waals surface area contributed by atoms with E-state index in [4.69, 9.17) is 0 Å². The second kappa shape index (κ2) is 8.53. The van der Waals surface area contributed by atoms with Crippen molar-refractivity contribution in [1.82, 2.24) is 0 Å². The lowest BCUT2D eigenvalue weighted by Crippen LogP contribution is -2.27. The highest BCUT2D eigenvalue weighted by Gasteiger charge is 2.34. The van der Waals surface area contributed by atoms with E-state index in [1.54, 1.807) is 11.8 Å². The monoisotopic (exact) mass is 402 g/mol. The third-order valence-corrected chi connectivity index (χ3v) is 6.06. The van der Waals surface area contributed by atoms with Gasteiger partial charge in [0.1, 0.15) is 5.37 Å². The summed E-state index contributed by atoms with van der Waals surface area (Å²) in [7, 11) is 0. The lowest BCUT2D eigenvalue weighted by atomic mass is 10.1. The average Bonchev–Trinajstić information content (AvgIpc) is 3.11. The minimum atomic E-state index is -0.101. The highest BCUT2D eigenvalue weighted by molar-refractivity contribution is 8.00. The van der Waals surface area contributed by atoms with Gasteiger partial charge in [0.15, 0.2) is 0 Å². The third-order valence-electron chi connectivity index (χ3n) is 4.84. The van der Waals surface area contributed by atoms with Gasteiger partial charge in [0, 0.05) is 11.4 Å². The first-order chi connectivity index (χ1) is 14.1. The van der Waals surface area contributed by atoms with Gasteiger partial charge >= 0.3 is 0 Å². The summed E-state index contributed by atoms with van der Waals surface area (Å²) in [5.41, 5.74) is 4.77. The van der Waals surface area contributed by atoms with Crippen LogP contribution in [0.4, 0.5) is 11.4 Å². The molecule has 2 amide bonds. The van der Waals surface area contributed by atoms with Crippen molar-refractivity contribution >= 4 is 35.0 Å². The maximum atomic E-state index is 12.5. The van der Waals surface area contributed by atoms with E-state index in [-0.39, 0.29) is 17.2 Å². The van der Waals surface area contributed by atoms with Crippen LogP contribution in [0.1, 0.15) is 22.1 Å². The van der Waals surface area contributed by atoms with E-state index in [1.807, 2.05) is 90.7 Å². The number of nitrogens with one attached hydrogen (secondary N) is 1. The van der Waals surface area contributed by atoms with E-state index >= 15 is 0 Å². The smallest absolute Gasteiger partial charge is 0.238 e. The fourth-order valence-electron chi connectivity index (χ4n) is 3.41. The van der Waals surface area contributed by atoms with Gasteiger partial charge < -0.3 is 5.32 Å². The third kappa shape index (κ3) is 4.51. The standard InChI is InChI=1S/C24H22N2O2S/c1-17-10-12-21(13-11-17)26-23(28)16-29-24(26)19-8-5-9-20(15-19)25-22(27)14-18-6-3-2-4-7-18/h2-13,15,24H,14,16H2,1H3,(H,25,27). The summed E-state index contributed by atoms with van der Waals surface area (Å²) in [6, 6.07) is 25.4. The molecule has 1 saturated heterocycles. The normalized spacial score (nSPS) is 16.1. The Morgan fingerprint density at radius 3 is 2.55 bits per heavy atom. The van der Waals surface area contributed by atoms with Gasteiger partial charge in [0.25, 0.3) is 0 Å². The number of hydrogen-bond donors (Lipinski definition) is 1. The van der Waals surface area contributed by atoms with Crippen LogP contribution in [0.15, 0.2) is 78.9 Å². The highest BCUT2D eigenvalue weighted by Crippen LogP contribution is 2.42. The first-order valence-electron chi connectivity index (χ1n) is 9.54. The zero-order valence-corrected chi connectivity index (χ0v) is 17.0. The quantitative estimate of drug-likeness (QED) is 0.657. The maximum Gasteiger partial charge on any atom is 0.238 e. The number of carbonyl (C=O) groups excluding carboxylic acids is 2. The molecule has 0 radical (unpaired) electrons. The molecule has 0 bridgehead atoms. The molecule has 3 aromatic carbocycles. The molecule has 0 spiro atoms. The molecule has 146 valence electrons. The van der Waals surface area contributed by atoms with Gasteiger partial charge in [-0.05, 0) is 42.3 Å². The van der Waals surface area contributed by atoms with E-state index < -0.39 is 0 Å². The van der Waals surface area contributed by atoms with Gasteiger partial charge in [0.05, 0.1) is 12.2 Å². The molecule has 1 aliphatic heterocycles. The fourth-order valence-corrected chi connectivity index (χ4v) is 4.58. The Labute approximate surface area is 174 Å². The molecule has 0 aliphatic carbocycles. The van der Waals surface area contributed by atoms with Crippen LogP contribution in [-0.2, 0) is 16.0 Å². The van der Waals surface area contributed by atoms with E-state index in [9.17, 15) is 9.59 Å². The van der Waals surface area contributed by atoms with Crippen LogP contribution < -0.4 is 10.2 Å². The van der Waals surface area contributed by atoms with Crippen molar-refractivity contribution in [3.63, 3.8) is 0 Å². The molecule has 1 atom stereocenters. The second-order valence-corrected chi connectivity index (χ2v) is 8.17.